The number of hydrogen-bond acceptors (Lipinski definition) is 1. The second-order valence-corrected chi connectivity index (χ2v) is 10.9. The Hall–Kier alpha value is -5.27. The zero-order chi connectivity index (χ0) is 27.3. The topological polar surface area (TPSA) is 12.9 Å². The monoisotopic (exact) mass is 521 g/mol. The van der Waals surface area contributed by atoms with Crippen LogP contribution >= 0.6 is 0 Å². The lowest BCUT2D eigenvalue weighted by Gasteiger charge is -2.19. The predicted octanol–water partition coefficient (Wildman–Crippen LogP) is 11.0. The van der Waals surface area contributed by atoms with Gasteiger partial charge in [0.15, 0.2) is 0 Å². The number of aryl methyl sites for hydroxylation is 1. The van der Waals surface area contributed by atoms with Crippen molar-refractivity contribution < 1.29 is 0 Å². The quantitative estimate of drug-likeness (QED) is 0.211. The molecule has 0 fully saturated rings. The summed E-state index contributed by atoms with van der Waals surface area (Å²) < 4.78 is 0. The van der Waals surface area contributed by atoms with E-state index in [4.69, 9.17) is 0 Å². The van der Waals surface area contributed by atoms with Crippen LogP contribution in [-0.4, -0.2) is 4.98 Å². The van der Waals surface area contributed by atoms with Gasteiger partial charge in [-0.15, -0.1) is 0 Å². The van der Waals surface area contributed by atoms with Gasteiger partial charge in [-0.2, -0.15) is 0 Å². The van der Waals surface area contributed by atoms with Crippen LogP contribution in [0.2, 0.25) is 0 Å². The summed E-state index contributed by atoms with van der Waals surface area (Å²) in [4.78, 5) is 4.44. The Morgan fingerprint density at radius 2 is 0.854 bits per heavy atom. The number of rotatable bonds is 3. The summed E-state index contributed by atoms with van der Waals surface area (Å²) in [6.45, 7) is 2.05. The van der Waals surface area contributed by atoms with Crippen LogP contribution in [0, 0.1) is 6.92 Å². The first-order valence-corrected chi connectivity index (χ1v) is 14.1. The summed E-state index contributed by atoms with van der Waals surface area (Å²) in [6.07, 6.45) is 1.90. The van der Waals surface area contributed by atoms with Gasteiger partial charge < -0.3 is 0 Å². The molecular weight excluding hydrogens is 494 g/mol. The zero-order valence-corrected chi connectivity index (χ0v) is 22.8. The van der Waals surface area contributed by atoms with Crippen molar-refractivity contribution in [2.24, 2.45) is 0 Å². The van der Waals surface area contributed by atoms with Gasteiger partial charge in [0.05, 0.1) is 0 Å². The van der Waals surface area contributed by atoms with Crippen molar-refractivity contribution in [2.45, 2.75) is 6.92 Å². The molecule has 0 spiro atoms. The number of hydrogen-bond donors (Lipinski definition) is 0. The Morgan fingerprint density at radius 3 is 1.46 bits per heavy atom. The van der Waals surface area contributed by atoms with E-state index in [0.29, 0.717) is 0 Å². The summed E-state index contributed by atoms with van der Waals surface area (Å²) in [6, 6.07) is 51.1. The maximum Gasteiger partial charge on any atom is 0.0378 e. The Labute approximate surface area is 239 Å². The predicted molar refractivity (Wildman–Crippen MR) is 175 cm³/mol. The number of pyridine rings is 1. The van der Waals surface area contributed by atoms with Gasteiger partial charge >= 0.3 is 0 Å². The molecule has 1 nitrogen and oxygen atoms in total. The van der Waals surface area contributed by atoms with Gasteiger partial charge in [0.1, 0.15) is 0 Å². The van der Waals surface area contributed by atoms with Crippen molar-refractivity contribution in [3.8, 4) is 33.4 Å². The zero-order valence-electron chi connectivity index (χ0n) is 22.8. The molecule has 7 aromatic carbocycles. The summed E-state index contributed by atoms with van der Waals surface area (Å²) in [7, 11) is 0. The molecule has 41 heavy (non-hydrogen) atoms. The van der Waals surface area contributed by atoms with Crippen molar-refractivity contribution in [3.05, 3.63) is 151 Å². The minimum atomic E-state index is 1.02. The number of aromatic nitrogens is 1. The molecule has 1 heteroatoms. The lowest BCUT2D eigenvalue weighted by Crippen LogP contribution is -1.92. The molecule has 0 aliphatic carbocycles. The van der Waals surface area contributed by atoms with E-state index >= 15 is 0 Å². The molecule has 1 aromatic heterocycles. The number of fused-ring (bicyclic) bond motifs is 4. The van der Waals surface area contributed by atoms with Crippen LogP contribution in [0.1, 0.15) is 5.69 Å². The highest BCUT2D eigenvalue weighted by Crippen LogP contribution is 2.45. The van der Waals surface area contributed by atoms with Gasteiger partial charge in [0, 0.05) is 11.9 Å². The first-order chi connectivity index (χ1) is 20.2. The molecule has 0 unspecified atom stereocenters. The molecule has 8 rings (SSSR count). The van der Waals surface area contributed by atoms with Crippen molar-refractivity contribution in [1.82, 2.24) is 4.98 Å². The van der Waals surface area contributed by atoms with Gasteiger partial charge in [-0.3, -0.25) is 4.98 Å². The first kappa shape index (κ1) is 23.6. The standard InChI is InChI=1S/C40H27N/c1-26-22-32(20-21-41-26)31-18-19-37-38(25-31)40(34-17-15-28-9-3-5-11-30(28)24-34)36-13-7-6-12-35(36)39(37)33-16-14-27-8-2-4-10-29(27)23-33/h2-25H,1H3. The molecule has 0 amide bonds. The normalized spacial score (nSPS) is 11.5. The average Bonchev–Trinajstić information content (AvgIpc) is 3.03. The second-order valence-electron chi connectivity index (χ2n) is 10.9. The Bertz CT molecular complexity index is 2270. The summed E-state index contributed by atoms with van der Waals surface area (Å²) in [5.41, 5.74) is 8.43. The van der Waals surface area contributed by atoms with Crippen LogP contribution in [0.5, 0.6) is 0 Å². The van der Waals surface area contributed by atoms with Crippen LogP contribution in [-0.2, 0) is 0 Å². The van der Waals surface area contributed by atoms with Crippen LogP contribution in [0.25, 0.3) is 76.5 Å². The van der Waals surface area contributed by atoms with Crippen LogP contribution in [0.15, 0.2) is 146 Å². The molecule has 0 radical (unpaired) electrons. The van der Waals surface area contributed by atoms with Crippen molar-refractivity contribution in [2.75, 3.05) is 0 Å². The molecule has 1 heterocycles. The van der Waals surface area contributed by atoms with E-state index in [-0.39, 0.29) is 0 Å². The fourth-order valence-electron chi connectivity index (χ4n) is 6.39. The third-order valence-corrected chi connectivity index (χ3v) is 8.33. The third kappa shape index (κ3) is 3.98. The van der Waals surface area contributed by atoms with Crippen LogP contribution in [0.3, 0.4) is 0 Å². The van der Waals surface area contributed by atoms with Gasteiger partial charge in [-0.05, 0) is 114 Å². The second kappa shape index (κ2) is 9.43. The van der Waals surface area contributed by atoms with Gasteiger partial charge in [0.2, 0.25) is 0 Å². The fourth-order valence-corrected chi connectivity index (χ4v) is 6.39. The van der Waals surface area contributed by atoms with Gasteiger partial charge in [-0.1, -0.05) is 109 Å². The van der Waals surface area contributed by atoms with Crippen LogP contribution in [0.4, 0.5) is 0 Å². The van der Waals surface area contributed by atoms with Gasteiger partial charge in [-0.25, -0.2) is 0 Å². The van der Waals surface area contributed by atoms with Crippen molar-refractivity contribution in [1.29, 1.82) is 0 Å². The molecule has 192 valence electrons. The van der Waals surface area contributed by atoms with E-state index in [1.807, 2.05) is 6.20 Å². The smallest absolute Gasteiger partial charge is 0.0378 e. The Kier molecular flexibility index (Phi) is 5.43. The third-order valence-electron chi connectivity index (χ3n) is 8.33. The largest absolute Gasteiger partial charge is 0.262 e. The summed E-state index contributed by atoms with van der Waals surface area (Å²) in [5, 5.41) is 10.1. The molecule has 0 N–H and O–H groups in total. The minimum Gasteiger partial charge on any atom is -0.262 e. The molecule has 0 bridgehead atoms. The highest BCUT2D eigenvalue weighted by Gasteiger charge is 2.18. The van der Waals surface area contributed by atoms with Gasteiger partial charge in [0.25, 0.3) is 0 Å². The molecular formula is C40H27N. The molecule has 0 atom stereocenters. The molecule has 0 aliphatic heterocycles. The molecule has 0 aliphatic rings. The van der Waals surface area contributed by atoms with E-state index in [1.54, 1.807) is 0 Å². The molecule has 0 saturated carbocycles. The Balaban J connectivity index is 1.51. The fraction of sp³-hybridized carbons (Fsp3) is 0.0250. The highest BCUT2D eigenvalue weighted by molar-refractivity contribution is 6.22. The van der Waals surface area contributed by atoms with E-state index in [2.05, 4.69) is 151 Å². The maximum atomic E-state index is 4.44. The lowest BCUT2D eigenvalue weighted by atomic mass is 9.84. The summed E-state index contributed by atoms with van der Waals surface area (Å²) >= 11 is 0. The van der Waals surface area contributed by atoms with E-state index in [0.717, 1.165) is 5.69 Å². The van der Waals surface area contributed by atoms with E-state index in [9.17, 15) is 0 Å². The van der Waals surface area contributed by atoms with Crippen LogP contribution < -0.4 is 0 Å². The number of nitrogens with zero attached hydrogens (tertiary/aromatic N) is 1. The number of benzene rings is 7. The first-order valence-electron chi connectivity index (χ1n) is 14.1. The lowest BCUT2D eigenvalue weighted by molar-refractivity contribution is 1.20. The van der Waals surface area contributed by atoms with E-state index < -0.39 is 0 Å². The summed E-state index contributed by atoms with van der Waals surface area (Å²) in [5.74, 6) is 0. The molecule has 0 saturated heterocycles. The van der Waals surface area contributed by atoms with Crippen molar-refractivity contribution in [3.63, 3.8) is 0 Å². The Morgan fingerprint density at radius 1 is 0.366 bits per heavy atom. The SMILES string of the molecule is Cc1cc(-c2ccc3c(-c4ccc5ccccc5c4)c4ccccc4c(-c4ccc5ccccc5c4)c3c2)ccn1. The molecule has 8 aromatic rings. The van der Waals surface area contributed by atoms with Crippen molar-refractivity contribution >= 4 is 43.1 Å². The van der Waals surface area contributed by atoms with E-state index in [1.165, 1.54) is 76.5 Å². The highest BCUT2D eigenvalue weighted by atomic mass is 14.6. The average molecular weight is 522 g/mol. The minimum absolute atomic E-state index is 1.02. The maximum absolute atomic E-state index is 4.44.